The summed E-state index contributed by atoms with van der Waals surface area (Å²) in [6.45, 7) is 2.83. The number of carbonyl (C=O) groups is 2. The quantitative estimate of drug-likeness (QED) is 0.382. The number of aromatic nitrogens is 3. The van der Waals surface area contributed by atoms with Gasteiger partial charge in [0, 0.05) is 17.7 Å². The number of thioether (sulfide) groups is 1. The number of methoxy groups -OCH3 is 2. The number of ether oxygens (including phenoxy) is 2. The SMILES string of the molecule is CCn1c(CNC(=O)c2ccc(OC)cc2)nnc1SCC(=O)c1ccc(OC)cc1. The molecule has 1 aromatic heterocycles. The molecule has 0 saturated carbocycles. The highest BCUT2D eigenvalue weighted by Gasteiger charge is 2.15. The van der Waals surface area contributed by atoms with Gasteiger partial charge >= 0.3 is 0 Å². The molecule has 0 aliphatic heterocycles. The minimum Gasteiger partial charge on any atom is -0.497 e. The first kappa shape index (κ1) is 22.4. The zero-order valence-corrected chi connectivity index (χ0v) is 18.4. The standard InChI is InChI=1S/C22H24N4O4S/c1-4-26-20(13-23-21(28)16-7-11-18(30-3)12-8-16)24-25-22(26)31-14-19(27)15-5-9-17(29-2)10-6-15/h5-12H,4,13-14H2,1-3H3,(H,23,28). The molecular formula is C22H24N4O4S. The van der Waals surface area contributed by atoms with Crippen LogP contribution in [0.3, 0.4) is 0 Å². The first-order chi connectivity index (χ1) is 15.0. The van der Waals surface area contributed by atoms with E-state index in [0.29, 0.717) is 40.2 Å². The number of Topliss-reactive ketones (excluding diaryl/α,β-unsaturated/α-hetero) is 1. The van der Waals surface area contributed by atoms with E-state index >= 15 is 0 Å². The van der Waals surface area contributed by atoms with Crippen LogP contribution in [-0.4, -0.2) is 46.4 Å². The van der Waals surface area contributed by atoms with Crippen molar-refractivity contribution in [1.29, 1.82) is 0 Å². The molecule has 31 heavy (non-hydrogen) atoms. The molecule has 0 saturated heterocycles. The molecule has 0 radical (unpaired) electrons. The predicted molar refractivity (Wildman–Crippen MR) is 118 cm³/mol. The normalized spacial score (nSPS) is 10.5. The average molecular weight is 441 g/mol. The van der Waals surface area contributed by atoms with Crippen molar-refractivity contribution in [2.75, 3.05) is 20.0 Å². The maximum atomic E-state index is 12.5. The largest absolute Gasteiger partial charge is 0.497 e. The third kappa shape index (κ3) is 5.64. The topological polar surface area (TPSA) is 95.3 Å². The van der Waals surface area contributed by atoms with Crippen LogP contribution in [-0.2, 0) is 13.1 Å². The van der Waals surface area contributed by atoms with Gasteiger partial charge in [-0.2, -0.15) is 0 Å². The Hall–Kier alpha value is -3.33. The van der Waals surface area contributed by atoms with Gasteiger partial charge in [-0.05, 0) is 55.5 Å². The van der Waals surface area contributed by atoms with Gasteiger partial charge in [-0.15, -0.1) is 10.2 Å². The monoisotopic (exact) mass is 440 g/mol. The van der Waals surface area contributed by atoms with Crippen molar-refractivity contribution in [3.63, 3.8) is 0 Å². The smallest absolute Gasteiger partial charge is 0.251 e. The number of ketones is 1. The summed E-state index contributed by atoms with van der Waals surface area (Å²) >= 11 is 1.32. The fourth-order valence-electron chi connectivity index (χ4n) is 2.87. The maximum Gasteiger partial charge on any atom is 0.251 e. The highest BCUT2D eigenvalue weighted by Crippen LogP contribution is 2.20. The second-order valence-corrected chi connectivity index (χ2v) is 7.44. The van der Waals surface area contributed by atoms with Gasteiger partial charge in [-0.25, -0.2) is 0 Å². The Labute approximate surface area is 185 Å². The van der Waals surface area contributed by atoms with Crippen LogP contribution >= 0.6 is 11.8 Å². The van der Waals surface area contributed by atoms with Crippen molar-refractivity contribution >= 4 is 23.5 Å². The summed E-state index contributed by atoms with van der Waals surface area (Å²) in [5.74, 6) is 2.04. The lowest BCUT2D eigenvalue weighted by molar-refractivity contribution is 0.0948. The van der Waals surface area contributed by atoms with Crippen molar-refractivity contribution in [2.24, 2.45) is 0 Å². The number of nitrogens with one attached hydrogen (secondary N) is 1. The highest BCUT2D eigenvalue weighted by atomic mass is 32.2. The minimum atomic E-state index is -0.211. The molecule has 2 aromatic carbocycles. The molecule has 0 spiro atoms. The molecule has 3 aromatic rings. The van der Waals surface area contributed by atoms with E-state index in [1.54, 1.807) is 62.8 Å². The Morgan fingerprint density at radius 3 is 2.06 bits per heavy atom. The van der Waals surface area contributed by atoms with Crippen LogP contribution in [0.5, 0.6) is 11.5 Å². The molecule has 8 nitrogen and oxygen atoms in total. The Bertz CT molecular complexity index is 952. The van der Waals surface area contributed by atoms with Crippen LogP contribution in [0.25, 0.3) is 0 Å². The second kappa shape index (κ2) is 10.6. The Morgan fingerprint density at radius 2 is 1.52 bits per heavy atom. The van der Waals surface area contributed by atoms with Gasteiger partial charge in [0.25, 0.3) is 5.91 Å². The van der Waals surface area contributed by atoms with Crippen LogP contribution in [0.2, 0.25) is 0 Å². The molecule has 1 amide bonds. The van der Waals surface area contributed by atoms with Gasteiger partial charge in [-0.1, -0.05) is 11.8 Å². The van der Waals surface area contributed by atoms with E-state index in [1.165, 1.54) is 11.8 Å². The lowest BCUT2D eigenvalue weighted by Crippen LogP contribution is -2.24. The highest BCUT2D eigenvalue weighted by molar-refractivity contribution is 7.99. The van der Waals surface area contributed by atoms with Crippen LogP contribution in [0, 0.1) is 0 Å². The summed E-state index contributed by atoms with van der Waals surface area (Å²) in [5, 5.41) is 11.9. The van der Waals surface area contributed by atoms with Gasteiger partial charge in [0.05, 0.1) is 26.5 Å². The zero-order valence-electron chi connectivity index (χ0n) is 17.6. The summed E-state index contributed by atoms with van der Waals surface area (Å²) < 4.78 is 12.1. The third-order valence-corrected chi connectivity index (χ3v) is 5.58. The Balaban J connectivity index is 1.59. The van der Waals surface area contributed by atoms with Crippen LogP contribution < -0.4 is 14.8 Å². The first-order valence-corrected chi connectivity index (χ1v) is 10.7. The van der Waals surface area contributed by atoms with E-state index in [0.717, 1.165) is 0 Å². The number of carbonyl (C=O) groups excluding carboxylic acids is 2. The number of hydrogen-bond acceptors (Lipinski definition) is 7. The fraction of sp³-hybridized carbons (Fsp3) is 0.273. The Morgan fingerprint density at radius 1 is 0.935 bits per heavy atom. The summed E-state index contributed by atoms with van der Waals surface area (Å²) in [6.07, 6.45) is 0. The molecule has 0 bridgehead atoms. The molecule has 0 aliphatic carbocycles. The predicted octanol–water partition coefficient (Wildman–Crippen LogP) is 3.22. The van der Waals surface area contributed by atoms with Crippen molar-refractivity contribution in [1.82, 2.24) is 20.1 Å². The Kier molecular flexibility index (Phi) is 7.66. The van der Waals surface area contributed by atoms with E-state index in [-0.39, 0.29) is 24.0 Å². The van der Waals surface area contributed by atoms with Gasteiger partial charge in [-0.3, -0.25) is 9.59 Å². The van der Waals surface area contributed by atoms with Gasteiger partial charge in [0.2, 0.25) is 0 Å². The van der Waals surface area contributed by atoms with E-state index in [4.69, 9.17) is 9.47 Å². The molecule has 162 valence electrons. The molecule has 0 unspecified atom stereocenters. The average Bonchev–Trinajstić information content (AvgIpc) is 3.22. The number of rotatable bonds is 10. The van der Waals surface area contributed by atoms with Gasteiger partial charge in [0.1, 0.15) is 11.5 Å². The first-order valence-electron chi connectivity index (χ1n) is 9.70. The number of nitrogens with zero attached hydrogens (tertiary/aromatic N) is 3. The molecular weight excluding hydrogens is 416 g/mol. The third-order valence-electron chi connectivity index (χ3n) is 4.61. The van der Waals surface area contributed by atoms with Crippen molar-refractivity contribution in [3.05, 3.63) is 65.5 Å². The minimum absolute atomic E-state index is 0.00679. The molecule has 0 aliphatic rings. The molecule has 1 heterocycles. The molecule has 9 heteroatoms. The molecule has 1 N–H and O–H groups in total. The van der Waals surface area contributed by atoms with Crippen molar-refractivity contribution in [2.45, 2.75) is 25.2 Å². The van der Waals surface area contributed by atoms with E-state index in [2.05, 4.69) is 15.5 Å². The fourth-order valence-corrected chi connectivity index (χ4v) is 3.78. The van der Waals surface area contributed by atoms with E-state index < -0.39 is 0 Å². The second-order valence-electron chi connectivity index (χ2n) is 6.49. The van der Waals surface area contributed by atoms with E-state index in [1.807, 2.05) is 11.5 Å². The van der Waals surface area contributed by atoms with Crippen LogP contribution in [0.4, 0.5) is 0 Å². The van der Waals surface area contributed by atoms with Crippen LogP contribution in [0.1, 0.15) is 33.5 Å². The summed E-state index contributed by atoms with van der Waals surface area (Å²) in [5.41, 5.74) is 1.14. The summed E-state index contributed by atoms with van der Waals surface area (Å²) in [6, 6.07) is 13.9. The molecule has 3 rings (SSSR count). The molecule has 0 atom stereocenters. The van der Waals surface area contributed by atoms with Gasteiger partial charge in [0.15, 0.2) is 16.8 Å². The van der Waals surface area contributed by atoms with Gasteiger partial charge < -0.3 is 19.4 Å². The number of amides is 1. The number of hydrogen-bond donors (Lipinski definition) is 1. The zero-order chi connectivity index (χ0) is 22.2. The van der Waals surface area contributed by atoms with Crippen LogP contribution in [0.15, 0.2) is 53.7 Å². The lowest BCUT2D eigenvalue weighted by Gasteiger charge is -2.09. The van der Waals surface area contributed by atoms with Crippen molar-refractivity contribution < 1.29 is 19.1 Å². The lowest BCUT2D eigenvalue weighted by atomic mass is 10.1. The molecule has 0 fully saturated rings. The van der Waals surface area contributed by atoms with E-state index in [9.17, 15) is 9.59 Å². The van der Waals surface area contributed by atoms with Crippen molar-refractivity contribution in [3.8, 4) is 11.5 Å². The number of benzene rings is 2. The summed E-state index contributed by atoms with van der Waals surface area (Å²) in [4.78, 5) is 24.8. The maximum absolute atomic E-state index is 12.5. The summed E-state index contributed by atoms with van der Waals surface area (Å²) in [7, 11) is 3.16.